The molecule has 0 aromatic heterocycles. The van der Waals surface area contributed by atoms with Gasteiger partial charge in [-0.1, -0.05) is 23.7 Å². The minimum atomic E-state index is -0.564. The summed E-state index contributed by atoms with van der Waals surface area (Å²) in [5, 5.41) is 3.83. The van der Waals surface area contributed by atoms with Crippen molar-refractivity contribution >= 4 is 23.2 Å². The molecule has 0 saturated heterocycles. The molecule has 4 heteroatoms. The van der Waals surface area contributed by atoms with E-state index in [0.29, 0.717) is 5.02 Å². The molecule has 2 rings (SSSR count). The molecule has 0 radical (unpaired) electrons. The summed E-state index contributed by atoms with van der Waals surface area (Å²) < 4.78 is 0. The van der Waals surface area contributed by atoms with Gasteiger partial charge in [0.15, 0.2) is 0 Å². The zero-order valence-corrected chi connectivity index (χ0v) is 13.2. The third kappa shape index (κ3) is 3.56. The molecule has 0 fully saturated rings. The Labute approximate surface area is 130 Å². The molecule has 0 heterocycles. The molecule has 0 saturated carbocycles. The van der Waals surface area contributed by atoms with E-state index < -0.39 is 11.9 Å². The second kappa shape index (κ2) is 6.19. The smallest absolute Gasteiger partial charge is 0.244 e. The first kappa shape index (κ1) is 15.4. The van der Waals surface area contributed by atoms with E-state index in [-0.39, 0.29) is 0 Å². The first-order chi connectivity index (χ1) is 9.88. The number of aryl methyl sites for hydroxylation is 3. The number of carbonyl (C=O) groups is 1. The Morgan fingerprint density at radius 1 is 1.05 bits per heavy atom. The lowest BCUT2D eigenvalue weighted by atomic mass is 9.95. The van der Waals surface area contributed by atoms with Crippen LogP contribution in [0.25, 0.3) is 0 Å². The van der Waals surface area contributed by atoms with Crippen LogP contribution in [0.2, 0.25) is 5.02 Å². The normalized spacial score (nSPS) is 12.0. The number of benzene rings is 2. The van der Waals surface area contributed by atoms with Gasteiger partial charge in [0.1, 0.15) is 6.04 Å². The maximum Gasteiger partial charge on any atom is 0.244 e. The molecule has 1 atom stereocenters. The highest BCUT2D eigenvalue weighted by atomic mass is 35.5. The van der Waals surface area contributed by atoms with Crippen molar-refractivity contribution in [2.45, 2.75) is 26.8 Å². The topological polar surface area (TPSA) is 55.1 Å². The van der Waals surface area contributed by atoms with Crippen molar-refractivity contribution in [1.29, 1.82) is 0 Å². The third-order valence-electron chi connectivity index (χ3n) is 3.63. The van der Waals surface area contributed by atoms with Crippen LogP contribution in [-0.4, -0.2) is 5.91 Å². The summed E-state index contributed by atoms with van der Waals surface area (Å²) in [7, 11) is 0. The number of hydrogen-bond acceptors (Lipinski definition) is 2. The van der Waals surface area contributed by atoms with Crippen molar-refractivity contribution in [3.8, 4) is 0 Å². The predicted octanol–water partition coefficient (Wildman–Crippen LogP) is 3.90. The Balaban J connectivity index is 2.38. The van der Waals surface area contributed by atoms with E-state index in [1.807, 2.05) is 32.0 Å². The minimum absolute atomic E-state index is 0.406. The molecule has 1 unspecified atom stereocenters. The Bertz CT molecular complexity index is 665. The Hall–Kier alpha value is -2.00. The van der Waals surface area contributed by atoms with Gasteiger partial charge >= 0.3 is 0 Å². The average molecular weight is 303 g/mol. The fourth-order valence-electron chi connectivity index (χ4n) is 2.31. The van der Waals surface area contributed by atoms with Gasteiger partial charge in [-0.2, -0.15) is 0 Å². The number of nitrogens with one attached hydrogen (secondary N) is 1. The van der Waals surface area contributed by atoms with Crippen molar-refractivity contribution in [3.05, 3.63) is 63.7 Å². The van der Waals surface area contributed by atoms with Crippen LogP contribution in [0.4, 0.5) is 5.69 Å². The molecule has 0 aliphatic rings. The van der Waals surface area contributed by atoms with Crippen LogP contribution in [0.3, 0.4) is 0 Å². The van der Waals surface area contributed by atoms with Crippen molar-refractivity contribution < 1.29 is 4.79 Å². The number of anilines is 1. The fraction of sp³-hybridized carbons (Fsp3) is 0.235. The van der Waals surface area contributed by atoms with E-state index in [1.54, 1.807) is 12.1 Å². The largest absolute Gasteiger partial charge is 0.370 e. The number of carbonyl (C=O) groups excluding carboxylic acids is 1. The van der Waals surface area contributed by atoms with Gasteiger partial charge in [-0.05, 0) is 67.3 Å². The van der Waals surface area contributed by atoms with Gasteiger partial charge in [-0.3, -0.25) is 4.79 Å². The summed E-state index contributed by atoms with van der Waals surface area (Å²) in [4.78, 5) is 11.9. The van der Waals surface area contributed by atoms with Crippen molar-refractivity contribution in [1.82, 2.24) is 0 Å². The van der Waals surface area contributed by atoms with E-state index in [0.717, 1.165) is 22.4 Å². The van der Waals surface area contributed by atoms with Crippen LogP contribution in [0.1, 0.15) is 28.3 Å². The van der Waals surface area contributed by atoms with Crippen molar-refractivity contribution in [3.63, 3.8) is 0 Å². The van der Waals surface area contributed by atoms with E-state index >= 15 is 0 Å². The van der Waals surface area contributed by atoms with Gasteiger partial charge in [0.25, 0.3) is 0 Å². The van der Waals surface area contributed by atoms with Crippen LogP contribution >= 0.6 is 11.6 Å². The van der Waals surface area contributed by atoms with Crippen molar-refractivity contribution in [2.24, 2.45) is 5.73 Å². The van der Waals surface area contributed by atoms with Crippen LogP contribution in [0.15, 0.2) is 36.4 Å². The Morgan fingerprint density at radius 2 is 1.62 bits per heavy atom. The van der Waals surface area contributed by atoms with Gasteiger partial charge < -0.3 is 11.1 Å². The summed E-state index contributed by atoms with van der Waals surface area (Å²) in [5.74, 6) is -0.406. The molecule has 0 aliphatic heterocycles. The number of halogens is 1. The standard InChI is InChI=1S/C17H19ClN2O/c1-10-8-12(3)15(9-11(10)2)16(17(19)21)20-14-6-4-13(18)5-7-14/h4-9,16,20H,1-3H3,(H2,19,21). The Morgan fingerprint density at radius 3 is 2.19 bits per heavy atom. The van der Waals surface area contributed by atoms with E-state index in [1.165, 1.54) is 5.56 Å². The highest BCUT2D eigenvalue weighted by Gasteiger charge is 2.20. The molecule has 0 spiro atoms. The van der Waals surface area contributed by atoms with E-state index in [2.05, 4.69) is 18.3 Å². The lowest BCUT2D eigenvalue weighted by Crippen LogP contribution is -2.28. The van der Waals surface area contributed by atoms with Gasteiger partial charge in [0.2, 0.25) is 5.91 Å². The lowest BCUT2D eigenvalue weighted by Gasteiger charge is -2.20. The molecule has 0 bridgehead atoms. The summed E-state index contributed by atoms with van der Waals surface area (Å²) in [5.41, 5.74) is 10.7. The number of amides is 1. The first-order valence-electron chi connectivity index (χ1n) is 6.77. The van der Waals surface area contributed by atoms with Crippen LogP contribution < -0.4 is 11.1 Å². The molecule has 21 heavy (non-hydrogen) atoms. The highest BCUT2D eigenvalue weighted by Crippen LogP contribution is 2.26. The minimum Gasteiger partial charge on any atom is -0.370 e. The maximum atomic E-state index is 11.9. The Kier molecular flexibility index (Phi) is 4.53. The van der Waals surface area contributed by atoms with Crippen LogP contribution in [0.5, 0.6) is 0 Å². The molecule has 2 aromatic rings. The predicted molar refractivity (Wildman–Crippen MR) is 87.7 cm³/mol. The lowest BCUT2D eigenvalue weighted by molar-refractivity contribution is -0.118. The molecule has 1 amide bonds. The molecule has 0 aliphatic carbocycles. The average Bonchev–Trinajstić information content (AvgIpc) is 2.42. The summed E-state index contributed by atoms with van der Waals surface area (Å²) in [6, 6.07) is 10.7. The molecule has 2 aromatic carbocycles. The number of primary amides is 1. The zero-order valence-electron chi connectivity index (χ0n) is 12.4. The van der Waals surface area contributed by atoms with Gasteiger partial charge in [-0.25, -0.2) is 0 Å². The van der Waals surface area contributed by atoms with Gasteiger partial charge in [0.05, 0.1) is 0 Å². The second-order valence-corrected chi connectivity index (χ2v) is 5.72. The van der Waals surface area contributed by atoms with Crippen LogP contribution in [0, 0.1) is 20.8 Å². The molecular formula is C17H19ClN2O. The fourth-order valence-corrected chi connectivity index (χ4v) is 2.43. The summed E-state index contributed by atoms with van der Waals surface area (Å²) in [6.07, 6.45) is 0. The quantitative estimate of drug-likeness (QED) is 0.900. The molecule has 110 valence electrons. The zero-order chi connectivity index (χ0) is 15.6. The molecule has 3 N–H and O–H groups in total. The monoisotopic (exact) mass is 302 g/mol. The molecular weight excluding hydrogens is 284 g/mol. The number of nitrogens with two attached hydrogens (primary N) is 1. The first-order valence-corrected chi connectivity index (χ1v) is 7.15. The number of rotatable bonds is 4. The van der Waals surface area contributed by atoms with E-state index in [4.69, 9.17) is 17.3 Å². The van der Waals surface area contributed by atoms with Gasteiger partial charge in [0, 0.05) is 10.7 Å². The summed E-state index contributed by atoms with van der Waals surface area (Å²) >= 11 is 5.87. The van der Waals surface area contributed by atoms with Crippen molar-refractivity contribution in [2.75, 3.05) is 5.32 Å². The SMILES string of the molecule is Cc1cc(C)c(C(Nc2ccc(Cl)cc2)C(N)=O)cc1C. The second-order valence-electron chi connectivity index (χ2n) is 5.28. The summed E-state index contributed by atoms with van der Waals surface area (Å²) in [6.45, 7) is 6.07. The number of hydrogen-bond donors (Lipinski definition) is 2. The maximum absolute atomic E-state index is 11.9. The third-order valence-corrected chi connectivity index (χ3v) is 3.89. The van der Waals surface area contributed by atoms with E-state index in [9.17, 15) is 4.79 Å². The van der Waals surface area contributed by atoms with Gasteiger partial charge in [-0.15, -0.1) is 0 Å². The van der Waals surface area contributed by atoms with Crippen LogP contribution in [-0.2, 0) is 4.79 Å². The molecule has 3 nitrogen and oxygen atoms in total. The highest BCUT2D eigenvalue weighted by molar-refractivity contribution is 6.30.